The Balaban J connectivity index is 1.33. The second-order valence-electron chi connectivity index (χ2n) is 6.90. The van der Waals surface area contributed by atoms with Crippen LogP contribution in [0.15, 0.2) is 59.5 Å². The summed E-state index contributed by atoms with van der Waals surface area (Å²) < 4.78 is 0. The molecule has 1 aliphatic carbocycles. The van der Waals surface area contributed by atoms with E-state index in [1.54, 1.807) is 11.8 Å². The summed E-state index contributed by atoms with van der Waals surface area (Å²) in [7, 11) is 0. The van der Waals surface area contributed by atoms with E-state index in [4.69, 9.17) is 0 Å². The number of rotatable bonds is 6. The van der Waals surface area contributed by atoms with E-state index in [0.717, 1.165) is 27.3 Å². The minimum Gasteiger partial charge on any atom is -0.354 e. The highest BCUT2D eigenvalue weighted by Gasteiger charge is 2.55. The van der Waals surface area contributed by atoms with E-state index < -0.39 is 11.6 Å². The lowest BCUT2D eigenvalue weighted by Gasteiger charge is -2.22. The van der Waals surface area contributed by atoms with Crippen molar-refractivity contribution in [2.75, 3.05) is 18.8 Å². The third-order valence-electron chi connectivity index (χ3n) is 5.16. The standard InChI is InChI=1S/C21H21N3O3S/c25-18(22-12-13-28-16-7-2-1-3-8-16)14-24-19(26)21(23-20(24)27)11-10-15-6-4-5-9-17(15)21/h1-9H,10-14H2,(H,22,25)(H,23,27)/t21-/m0/s1. The molecule has 0 aromatic heterocycles. The van der Waals surface area contributed by atoms with Crippen LogP contribution in [0.25, 0.3) is 0 Å². The Labute approximate surface area is 167 Å². The topological polar surface area (TPSA) is 78.5 Å². The Bertz CT molecular complexity index is 918. The zero-order valence-corrected chi connectivity index (χ0v) is 16.1. The number of aryl methyl sites for hydroxylation is 1. The second-order valence-corrected chi connectivity index (χ2v) is 8.06. The summed E-state index contributed by atoms with van der Waals surface area (Å²) in [5, 5.41) is 5.62. The molecule has 2 aromatic carbocycles. The Morgan fingerprint density at radius 3 is 2.68 bits per heavy atom. The summed E-state index contributed by atoms with van der Waals surface area (Å²) >= 11 is 1.64. The van der Waals surface area contributed by atoms with Crippen molar-refractivity contribution in [2.45, 2.75) is 23.3 Å². The van der Waals surface area contributed by atoms with Crippen molar-refractivity contribution >= 4 is 29.6 Å². The molecule has 0 bridgehead atoms. The number of hydrogen-bond donors (Lipinski definition) is 2. The lowest BCUT2D eigenvalue weighted by atomic mass is 9.92. The van der Waals surface area contributed by atoms with Crippen LogP contribution in [-0.2, 0) is 21.5 Å². The largest absolute Gasteiger partial charge is 0.354 e. The third kappa shape index (κ3) is 3.38. The number of urea groups is 1. The number of benzene rings is 2. The smallest absolute Gasteiger partial charge is 0.325 e. The maximum Gasteiger partial charge on any atom is 0.325 e. The minimum absolute atomic E-state index is 0.259. The summed E-state index contributed by atoms with van der Waals surface area (Å²) in [5.41, 5.74) is 0.896. The number of nitrogens with zero attached hydrogens (tertiary/aromatic N) is 1. The molecule has 1 heterocycles. The second kappa shape index (κ2) is 7.67. The fourth-order valence-corrected chi connectivity index (χ4v) is 4.60. The van der Waals surface area contributed by atoms with E-state index in [-0.39, 0.29) is 18.4 Å². The fourth-order valence-electron chi connectivity index (χ4n) is 3.81. The molecule has 1 saturated heterocycles. The van der Waals surface area contributed by atoms with E-state index in [0.29, 0.717) is 18.7 Å². The first-order valence-corrected chi connectivity index (χ1v) is 10.3. The Hall–Kier alpha value is -2.80. The fraction of sp³-hybridized carbons (Fsp3) is 0.286. The molecule has 2 N–H and O–H groups in total. The van der Waals surface area contributed by atoms with Gasteiger partial charge in [-0.15, -0.1) is 11.8 Å². The lowest BCUT2D eigenvalue weighted by molar-refractivity contribution is -0.135. The van der Waals surface area contributed by atoms with E-state index in [1.165, 1.54) is 0 Å². The molecule has 1 fully saturated rings. The molecule has 1 atom stereocenters. The van der Waals surface area contributed by atoms with Crippen LogP contribution < -0.4 is 10.6 Å². The molecule has 0 unspecified atom stereocenters. The van der Waals surface area contributed by atoms with Crippen LogP contribution in [0.5, 0.6) is 0 Å². The molecule has 2 aliphatic rings. The molecule has 1 spiro atoms. The number of hydrogen-bond acceptors (Lipinski definition) is 4. The first kappa shape index (κ1) is 18.6. The molecule has 4 amide bonds. The first-order valence-electron chi connectivity index (χ1n) is 9.27. The van der Waals surface area contributed by atoms with Gasteiger partial charge >= 0.3 is 6.03 Å². The molecular weight excluding hydrogens is 374 g/mol. The number of imide groups is 1. The Morgan fingerprint density at radius 2 is 1.86 bits per heavy atom. The Kier molecular flexibility index (Phi) is 5.09. The van der Waals surface area contributed by atoms with Crippen LogP contribution in [0, 0.1) is 0 Å². The average molecular weight is 395 g/mol. The van der Waals surface area contributed by atoms with Crippen molar-refractivity contribution in [2.24, 2.45) is 0 Å². The molecule has 1 aliphatic heterocycles. The van der Waals surface area contributed by atoms with Crippen molar-refractivity contribution in [3.05, 3.63) is 65.7 Å². The number of nitrogens with one attached hydrogen (secondary N) is 2. The van der Waals surface area contributed by atoms with Gasteiger partial charge in [0.15, 0.2) is 0 Å². The van der Waals surface area contributed by atoms with E-state index in [9.17, 15) is 14.4 Å². The van der Waals surface area contributed by atoms with Gasteiger partial charge in [-0.2, -0.15) is 0 Å². The van der Waals surface area contributed by atoms with Crippen LogP contribution >= 0.6 is 11.8 Å². The molecule has 144 valence electrons. The number of carbonyl (C=O) groups is 3. The van der Waals surface area contributed by atoms with Gasteiger partial charge in [0, 0.05) is 17.2 Å². The predicted octanol–water partition coefficient (Wildman–Crippen LogP) is 2.29. The van der Waals surface area contributed by atoms with Crippen LogP contribution in [0.4, 0.5) is 4.79 Å². The van der Waals surface area contributed by atoms with Gasteiger partial charge in [-0.25, -0.2) is 4.79 Å². The van der Waals surface area contributed by atoms with Gasteiger partial charge in [-0.1, -0.05) is 42.5 Å². The normalized spacial score (nSPS) is 20.4. The summed E-state index contributed by atoms with van der Waals surface area (Å²) in [4.78, 5) is 39.8. The van der Waals surface area contributed by atoms with Crippen LogP contribution in [0.2, 0.25) is 0 Å². The zero-order valence-electron chi connectivity index (χ0n) is 15.3. The summed E-state index contributed by atoms with van der Waals surface area (Å²) in [6.45, 7) is 0.209. The SMILES string of the molecule is O=C(CN1C(=O)N[C@]2(CCc3ccccc32)C1=O)NCCSc1ccccc1. The highest BCUT2D eigenvalue weighted by molar-refractivity contribution is 7.99. The molecule has 0 radical (unpaired) electrons. The molecule has 7 heteroatoms. The summed E-state index contributed by atoms with van der Waals surface area (Å²) in [5.74, 6) is 0.0458. The van der Waals surface area contributed by atoms with Crippen LogP contribution in [0.3, 0.4) is 0 Å². The molecule has 6 nitrogen and oxygen atoms in total. The van der Waals surface area contributed by atoms with Gasteiger partial charge in [-0.3, -0.25) is 14.5 Å². The lowest BCUT2D eigenvalue weighted by Crippen LogP contribution is -2.44. The van der Waals surface area contributed by atoms with Gasteiger partial charge in [0.1, 0.15) is 12.1 Å². The highest BCUT2D eigenvalue weighted by atomic mass is 32.2. The quantitative estimate of drug-likeness (QED) is 0.447. The van der Waals surface area contributed by atoms with E-state index >= 15 is 0 Å². The summed E-state index contributed by atoms with van der Waals surface area (Å²) in [6, 6.07) is 17.1. The molecule has 28 heavy (non-hydrogen) atoms. The summed E-state index contributed by atoms with van der Waals surface area (Å²) in [6.07, 6.45) is 1.27. The Morgan fingerprint density at radius 1 is 1.11 bits per heavy atom. The maximum absolute atomic E-state index is 13.0. The van der Waals surface area contributed by atoms with Gasteiger partial charge in [0.25, 0.3) is 5.91 Å². The predicted molar refractivity (Wildman–Crippen MR) is 107 cm³/mol. The van der Waals surface area contributed by atoms with Gasteiger partial charge in [-0.05, 0) is 36.1 Å². The minimum atomic E-state index is -1.02. The van der Waals surface area contributed by atoms with E-state index in [2.05, 4.69) is 10.6 Å². The van der Waals surface area contributed by atoms with Crippen molar-refractivity contribution in [3.8, 4) is 0 Å². The number of fused-ring (bicyclic) bond motifs is 2. The molecule has 2 aromatic rings. The zero-order chi connectivity index (χ0) is 19.6. The van der Waals surface area contributed by atoms with Gasteiger partial charge in [0.2, 0.25) is 5.91 Å². The third-order valence-corrected chi connectivity index (χ3v) is 6.17. The molecule has 4 rings (SSSR count). The van der Waals surface area contributed by atoms with Crippen molar-refractivity contribution in [3.63, 3.8) is 0 Å². The van der Waals surface area contributed by atoms with Gasteiger partial charge in [0.05, 0.1) is 0 Å². The maximum atomic E-state index is 13.0. The molecule has 0 saturated carbocycles. The number of carbonyl (C=O) groups excluding carboxylic acids is 3. The van der Waals surface area contributed by atoms with Crippen molar-refractivity contribution in [1.82, 2.24) is 15.5 Å². The van der Waals surface area contributed by atoms with Crippen molar-refractivity contribution in [1.29, 1.82) is 0 Å². The van der Waals surface area contributed by atoms with Crippen molar-refractivity contribution < 1.29 is 14.4 Å². The number of thioether (sulfide) groups is 1. The van der Waals surface area contributed by atoms with E-state index in [1.807, 2.05) is 54.6 Å². The monoisotopic (exact) mass is 395 g/mol. The molecular formula is C21H21N3O3S. The van der Waals surface area contributed by atoms with Gasteiger partial charge < -0.3 is 10.6 Å². The van der Waals surface area contributed by atoms with Crippen LogP contribution in [0.1, 0.15) is 17.5 Å². The highest BCUT2D eigenvalue weighted by Crippen LogP contribution is 2.41. The number of amides is 4. The average Bonchev–Trinajstić information content (AvgIpc) is 3.20. The van der Waals surface area contributed by atoms with Crippen LogP contribution in [-0.4, -0.2) is 41.6 Å². The first-order chi connectivity index (χ1) is 13.6.